The van der Waals surface area contributed by atoms with Crippen molar-refractivity contribution >= 4 is 0 Å². The molecular formula is C15H30. The molecule has 0 amide bonds. The Morgan fingerprint density at radius 3 is 1.80 bits per heavy atom. The van der Waals surface area contributed by atoms with Crippen molar-refractivity contribution in [1.29, 1.82) is 0 Å². The molecule has 0 radical (unpaired) electrons. The van der Waals surface area contributed by atoms with Crippen LogP contribution in [0, 0.1) is 23.7 Å². The quantitative estimate of drug-likeness (QED) is 0.560. The van der Waals surface area contributed by atoms with Gasteiger partial charge in [0.2, 0.25) is 0 Å². The van der Waals surface area contributed by atoms with Gasteiger partial charge in [0.05, 0.1) is 0 Å². The minimum atomic E-state index is 1.03. The van der Waals surface area contributed by atoms with Crippen LogP contribution in [0.1, 0.15) is 72.6 Å². The molecule has 0 aliphatic heterocycles. The third-order valence-corrected chi connectivity index (χ3v) is 4.78. The van der Waals surface area contributed by atoms with Crippen molar-refractivity contribution in [2.75, 3.05) is 0 Å². The van der Waals surface area contributed by atoms with Crippen molar-refractivity contribution in [3.8, 4) is 0 Å². The Morgan fingerprint density at radius 2 is 1.47 bits per heavy atom. The molecule has 0 spiro atoms. The van der Waals surface area contributed by atoms with E-state index in [1.165, 1.54) is 44.9 Å². The first-order chi connectivity index (χ1) is 7.26. The van der Waals surface area contributed by atoms with E-state index in [9.17, 15) is 0 Å². The Kier molecular flexibility index (Phi) is 5.71. The number of hydrogen-bond acceptors (Lipinski definition) is 0. The maximum Gasteiger partial charge on any atom is -0.0380 e. The zero-order chi connectivity index (χ0) is 11.3. The topological polar surface area (TPSA) is 0 Å². The Bertz CT molecular complexity index is 149. The standard InChI is InChI=1S/C15H30/c1-5-9-12(6-2)15-10-13(7-3)14(8-4)11-15/h12-15H,5-11H2,1-4H3. The van der Waals surface area contributed by atoms with Gasteiger partial charge in [-0.05, 0) is 36.5 Å². The summed E-state index contributed by atoms with van der Waals surface area (Å²) in [7, 11) is 0. The third kappa shape index (κ3) is 3.23. The molecule has 1 rings (SSSR count). The summed E-state index contributed by atoms with van der Waals surface area (Å²) >= 11 is 0. The number of rotatable bonds is 6. The van der Waals surface area contributed by atoms with Gasteiger partial charge in [0.15, 0.2) is 0 Å². The van der Waals surface area contributed by atoms with Crippen LogP contribution < -0.4 is 0 Å². The number of hydrogen-bond donors (Lipinski definition) is 0. The lowest BCUT2D eigenvalue weighted by Gasteiger charge is -2.21. The highest BCUT2D eigenvalue weighted by Crippen LogP contribution is 2.45. The minimum Gasteiger partial charge on any atom is -0.0654 e. The van der Waals surface area contributed by atoms with Crippen LogP contribution in [0.4, 0.5) is 0 Å². The largest absolute Gasteiger partial charge is 0.0654 e. The second-order valence-electron chi connectivity index (χ2n) is 5.53. The van der Waals surface area contributed by atoms with E-state index in [-0.39, 0.29) is 0 Å². The Labute approximate surface area is 96.8 Å². The average molecular weight is 210 g/mol. The van der Waals surface area contributed by atoms with Crippen molar-refractivity contribution in [2.45, 2.75) is 72.6 Å². The van der Waals surface area contributed by atoms with Gasteiger partial charge in [0.1, 0.15) is 0 Å². The molecule has 0 N–H and O–H groups in total. The fraction of sp³-hybridized carbons (Fsp3) is 1.00. The van der Waals surface area contributed by atoms with Gasteiger partial charge in [-0.25, -0.2) is 0 Å². The summed E-state index contributed by atoms with van der Waals surface area (Å²) < 4.78 is 0. The van der Waals surface area contributed by atoms with Crippen LogP contribution in [0.5, 0.6) is 0 Å². The predicted octanol–water partition coefficient (Wildman–Crippen LogP) is 5.28. The van der Waals surface area contributed by atoms with Gasteiger partial charge in [-0.1, -0.05) is 59.8 Å². The predicted molar refractivity (Wildman–Crippen MR) is 69.0 cm³/mol. The lowest BCUT2D eigenvalue weighted by molar-refractivity contribution is 0.295. The van der Waals surface area contributed by atoms with E-state index in [0.717, 1.165) is 23.7 Å². The molecule has 3 atom stereocenters. The molecule has 0 bridgehead atoms. The maximum atomic E-state index is 2.39. The van der Waals surface area contributed by atoms with Crippen molar-refractivity contribution in [2.24, 2.45) is 23.7 Å². The van der Waals surface area contributed by atoms with E-state index in [2.05, 4.69) is 27.7 Å². The van der Waals surface area contributed by atoms with Crippen molar-refractivity contribution < 1.29 is 0 Å². The van der Waals surface area contributed by atoms with Crippen LogP contribution in [-0.4, -0.2) is 0 Å². The van der Waals surface area contributed by atoms with E-state index < -0.39 is 0 Å². The minimum absolute atomic E-state index is 1.03. The van der Waals surface area contributed by atoms with E-state index in [0.29, 0.717) is 0 Å². The second-order valence-corrected chi connectivity index (χ2v) is 5.53. The molecule has 1 saturated carbocycles. The van der Waals surface area contributed by atoms with Crippen molar-refractivity contribution in [3.63, 3.8) is 0 Å². The van der Waals surface area contributed by atoms with Gasteiger partial charge in [0.25, 0.3) is 0 Å². The second kappa shape index (κ2) is 6.55. The molecular weight excluding hydrogens is 180 g/mol. The van der Waals surface area contributed by atoms with Gasteiger partial charge in [-0.2, -0.15) is 0 Å². The summed E-state index contributed by atoms with van der Waals surface area (Å²) in [6.45, 7) is 9.50. The monoisotopic (exact) mass is 210 g/mol. The third-order valence-electron chi connectivity index (χ3n) is 4.78. The summed E-state index contributed by atoms with van der Waals surface area (Å²) in [6.07, 6.45) is 10.2. The summed E-state index contributed by atoms with van der Waals surface area (Å²) in [4.78, 5) is 0. The first-order valence-corrected chi connectivity index (χ1v) is 7.26. The van der Waals surface area contributed by atoms with E-state index >= 15 is 0 Å². The molecule has 1 aliphatic rings. The van der Waals surface area contributed by atoms with Gasteiger partial charge >= 0.3 is 0 Å². The van der Waals surface area contributed by atoms with Crippen LogP contribution >= 0.6 is 0 Å². The molecule has 0 aromatic heterocycles. The summed E-state index contributed by atoms with van der Waals surface area (Å²) in [5.41, 5.74) is 0. The van der Waals surface area contributed by atoms with Crippen LogP contribution in [-0.2, 0) is 0 Å². The lowest BCUT2D eigenvalue weighted by Crippen LogP contribution is -2.11. The Morgan fingerprint density at radius 1 is 0.933 bits per heavy atom. The molecule has 1 aliphatic carbocycles. The molecule has 0 aromatic carbocycles. The summed E-state index contributed by atoms with van der Waals surface area (Å²) in [5.74, 6) is 4.18. The van der Waals surface area contributed by atoms with Gasteiger partial charge in [-0.3, -0.25) is 0 Å². The zero-order valence-electron chi connectivity index (χ0n) is 11.3. The lowest BCUT2D eigenvalue weighted by atomic mass is 9.84. The van der Waals surface area contributed by atoms with Crippen molar-refractivity contribution in [1.82, 2.24) is 0 Å². The highest BCUT2D eigenvalue weighted by molar-refractivity contribution is 4.85. The molecule has 0 nitrogen and oxygen atoms in total. The fourth-order valence-electron chi connectivity index (χ4n) is 3.79. The maximum absolute atomic E-state index is 2.39. The fourth-order valence-corrected chi connectivity index (χ4v) is 3.79. The van der Waals surface area contributed by atoms with Gasteiger partial charge < -0.3 is 0 Å². The Balaban J connectivity index is 2.50. The van der Waals surface area contributed by atoms with E-state index in [1.54, 1.807) is 0 Å². The zero-order valence-corrected chi connectivity index (χ0v) is 11.3. The molecule has 3 unspecified atom stereocenters. The normalized spacial score (nSPS) is 33.2. The first-order valence-electron chi connectivity index (χ1n) is 7.26. The highest BCUT2D eigenvalue weighted by atomic mass is 14.4. The van der Waals surface area contributed by atoms with E-state index in [4.69, 9.17) is 0 Å². The van der Waals surface area contributed by atoms with Crippen LogP contribution in [0.15, 0.2) is 0 Å². The van der Waals surface area contributed by atoms with Crippen LogP contribution in [0.3, 0.4) is 0 Å². The first kappa shape index (κ1) is 13.1. The SMILES string of the molecule is CCCC(CC)C1CC(CC)C(CC)C1. The molecule has 90 valence electrons. The molecule has 0 saturated heterocycles. The highest BCUT2D eigenvalue weighted by Gasteiger charge is 2.34. The van der Waals surface area contributed by atoms with Crippen LogP contribution in [0.2, 0.25) is 0 Å². The van der Waals surface area contributed by atoms with Gasteiger partial charge in [0, 0.05) is 0 Å². The van der Waals surface area contributed by atoms with E-state index in [1.807, 2.05) is 0 Å². The van der Waals surface area contributed by atoms with Gasteiger partial charge in [-0.15, -0.1) is 0 Å². The van der Waals surface area contributed by atoms with Crippen LogP contribution in [0.25, 0.3) is 0 Å². The summed E-state index contributed by atoms with van der Waals surface area (Å²) in [5, 5.41) is 0. The summed E-state index contributed by atoms with van der Waals surface area (Å²) in [6, 6.07) is 0. The molecule has 15 heavy (non-hydrogen) atoms. The molecule has 0 heterocycles. The Hall–Kier alpha value is 0. The average Bonchev–Trinajstić information content (AvgIpc) is 2.68. The smallest absolute Gasteiger partial charge is 0.0380 e. The molecule has 0 aromatic rings. The molecule has 0 heteroatoms. The van der Waals surface area contributed by atoms with Crippen molar-refractivity contribution in [3.05, 3.63) is 0 Å². The molecule has 1 fully saturated rings.